The van der Waals surface area contributed by atoms with Gasteiger partial charge < -0.3 is 16.0 Å². The van der Waals surface area contributed by atoms with E-state index in [1.54, 1.807) is 37.2 Å². The number of aromatic nitrogens is 1. The summed E-state index contributed by atoms with van der Waals surface area (Å²) in [7, 11) is 3.56. The Morgan fingerprint density at radius 3 is 2.75 bits per heavy atom. The van der Waals surface area contributed by atoms with E-state index in [9.17, 15) is 9.59 Å². The number of rotatable bonds is 4. The topological polar surface area (TPSA) is 88.3 Å². The SMILES string of the molecule is CN(C)C(=O)[C@H]1CC[C@H](Nc2cccc(C(N)=O)n2)C1. The standard InChI is InChI=1S/C14H20N4O2/c1-18(2)14(20)9-6-7-10(8-9)16-12-5-3-4-11(17-12)13(15)19/h3-5,9-10H,6-8H2,1-2H3,(H2,15,19)(H,16,17)/t9-,10-/m0/s1. The van der Waals surface area contributed by atoms with E-state index in [1.807, 2.05) is 0 Å². The van der Waals surface area contributed by atoms with Crippen LogP contribution in [-0.4, -0.2) is 41.8 Å². The molecule has 108 valence electrons. The van der Waals surface area contributed by atoms with E-state index in [4.69, 9.17) is 5.73 Å². The Hall–Kier alpha value is -2.11. The van der Waals surface area contributed by atoms with Crippen LogP contribution in [0.3, 0.4) is 0 Å². The number of carbonyl (C=O) groups excluding carboxylic acids is 2. The monoisotopic (exact) mass is 276 g/mol. The van der Waals surface area contributed by atoms with Gasteiger partial charge in [0.25, 0.3) is 5.91 Å². The van der Waals surface area contributed by atoms with Crippen molar-refractivity contribution in [2.45, 2.75) is 25.3 Å². The van der Waals surface area contributed by atoms with Gasteiger partial charge in [0.2, 0.25) is 5.91 Å². The zero-order valence-corrected chi connectivity index (χ0v) is 11.8. The molecule has 2 rings (SSSR count). The van der Waals surface area contributed by atoms with E-state index >= 15 is 0 Å². The van der Waals surface area contributed by atoms with Crippen molar-refractivity contribution in [3.63, 3.8) is 0 Å². The van der Waals surface area contributed by atoms with Crippen molar-refractivity contribution in [2.75, 3.05) is 19.4 Å². The zero-order valence-electron chi connectivity index (χ0n) is 11.8. The van der Waals surface area contributed by atoms with E-state index in [0.717, 1.165) is 19.3 Å². The van der Waals surface area contributed by atoms with Gasteiger partial charge in [-0.25, -0.2) is 4.98 Å². The van der Waals surface area contributed by atoms with Crippen molar-refractivity contribution in [1.29, 1.82) is 0 Å². The van der Waals surface area contributed by atoms with Crippen molar-refractivity contribution >= 4 is 17.6 Å². The van der Waals surface area contributed by atoms with E-state index < -0.39 is 5.91 Å². The molecule has 1 aromatic heterocycles. The molecule has 0 aromatic carbocycles. The van der Waals surface area contributed by atoms with Gasteiger partial charge in [-0.2, -0.15) is 0 Å². The molecule has 1 aliphatic rings. The molecule has 0 radical (unpaired) electrons. The summed E-state index contributed by atoms with van der Waals surface area (Å²) < 4.78 is 0. The van der Waals surface area contributed by atoms with Crippen LogP contribution in [0.15, 0.2) is 18.2 Å². The van der Waals surface area contributed by atoms with Gasteiger partial charge in [0.15, 0.2) is 0 Å². The largest absolute Gasteiger partial charge is 0.367 e. The number of hydrogen-bond donors (Lipinski definition) is 2. The number of pyridine rings is 1. The Labute approximate surface area is 118 Å². The number of hydrogen-bond acceptors (Lipinski definition) is 4. The molecular weight excluding hydrogens is 256 g/mol. The van der Waals surface area contributed by atoms with Crippen LogP contribution in [-0.2, 0) is 4.79 Å². The van der Waals surface area contributed by atoms with Gasteiger partial charge in [-0.05, 0) is 31.4 Å². The van der Waals surface area contributed by atoms with Crippen LogP contribution in [0.1, 0.15) is 29.8 Å². The number of nitrogens with two attached hydrogens (primary N) is 1. The molecule has 1 aromatic rings. The summed E-state index contributed by atoms with van der Waals surface area (Å²) in [4.78, 5) is 28.8. The van der Waals surface area contributed by atoms with Gasteiger partial charge >= 0.3 is 0 Å². The maximum atomic E-state index is 11.9. The molecule has 0 spiro atoms. The second kappa shape index (κ2) is 5.90. The highest BCUT2D eigenvalue weighted by atomic mass is 16.2. The van der Waals surface area contributed by atoms with Crippen LogP contribution in [0, 0.1) is 5.92 Å². The summed E-state index contributed by atoms with van der Waals surface area (Å²) in [6, 6.07) is 5.33. The fraction of sp³-hybridized carbons (Fsp3) is 0.500. The molecule has 6 heteroatoms. The van der Waals surface area contributed by atoms with Gasteiger partial charge in [-0.15, -0.1) is 0 Å². The molecule has 0 aliphatic heterocycles. The van der Waals surface area contributed by atoms with E-state index in [0.29, 0.717) is 5.82 Å². The third kappa shape index (κ3) is 3.26. The predicted molar refractivity (Wildman–Crippen MR) is 76.2 cm³/mol. The Balaban J connectivity index is 1.97. The van der Waals surface area contributed by atoms with Crippen molar-refractivity contribution in [3.05, 3.63) is 23.9 Å². The zero-order chi connectivity index (χ0) is 14.7. The van der Waals surface area contributed by atoms with Crippen LogP contribution in [0.4, 0.5) is 5.82 Å². The Kier molecular flexibility index (Phi) is 4.22. The fourth-order valence-electron chi connectivity index (χ4n) is 2.56. The Morgan fingerprint density at radius 2 is 2.10 bits per heavy atom. The minimum atomic E-state index is -0.541. The third-order valence-corrected chi connectivity index (χ3v) is 3.58. The molecule has 6 nitrogen and oxygen atoms in total. The molecule has 1 heterocycles. The molecule has 1 fully saturated rings. The van der Waals surface area contributed by atoms with Crippen molar-refractivity contribution in [2.24, 2.45) is 11.7 Å². The minimum Gasteiger partial charge on any atom is -0.367 e. The normalized spacial score (nSPS) is 21.5. The Bertz CT molecular complexity index is 516. The first-order chi connectivity index (χ1) is 9.47. The lowest BCUT2D eigenvalue weighted by atomic mass is 10.1. The van der Waals surface area contributed by atoms with Crippen molar-refractivity contribution in [3.8, 4) is 0 Å². The van der Waals surface area contributed by atoms with Crippen molar-refractivity contribution < 1.29 is 9.59 Å². The highest BCUT2D eigenvalue weighted by molar-refractivity contribution is 5.91. The van der Waals surface area contributed by atoms with Gasteiger partial charge in [0.1, 0.15) is 11.5 Å². The lowest BCUT2D eigenvalue weighted by Crippen LogP contribution is -2.29. The van der Waals surface area contributed by atoms with Gasteiger partial charge in [-0.1, -0.05) is 6.07 Å². The summed E-state index contributed by atoms with van der Waals surface area (Å²) in [5, 5.41) is 3.27. The van der Waals surface area contributed by atoms with Crippen LogP contribution < -0.4 is 11.1 Å². The Morgan fingerprint density at radius 1 is 1.35 bits per heavy atom. The molecular formula is C14H20N4O2. The average Bonchev–Trinajstić information content (AvgIpc) is 2.86. The van der Waals surface area contributed by atoms with Crippen LogP contribution >= 0.6 is 0 Å². The second-order valence-electron chi connectivity index (χ2n) is 5.36. The predicted octanol–water partition coefficient (Wildman–Crippen LogP) is 0.849. The molecule has 2 amide bonds. The van der Waals surface area contributed by atoms with Gasteiger partial charge in [0.05, 0.1) is 0 Å². The quantitative estimate of drug-likeness (QED) is 0.853. The first-order valence-corrected chi connectivity index (χ1v) is 6.72. The molecule has 0 bridgehead atoms. The fourth-order valence-corrected chi connectivity index (χ4v) is 2.56. The maximum Gasteiger partial charge on any atom is 0.267 e. The lowest BCUT2D eigenvalue weighted by Gasteiger charge is -2.17. The number of primary amides is 1. The number of anilines is 1. The average molecular weight is 276 g/mol. The number of nitrogens with zero attached hydrogens (tertiary/aromatic N) is 2. The first kappa shape index (κ1) is 14.3. The first-order valence-electron chi connectivity index (χ1n) is 6.72. The highest BCUT2D eigenvalue weighted by Crippen LogP contribution is 2.28. The van der Waals surface area contributed by atoms with Gasteiger partial charge in [0, 0.05) is 26.1 Å². The summed E-state index contributed by atoms with van der Waals surface area (Å²) in [6.07, 6.45) is 2.59. The lowest BCUT2D eigenvalue weighted by molar-refractivity contribution is -0.132. The molecule has 1 saturated carbocycles. The molecule has 3 N–H and O–H groups in total. The van der Waals surface area contributed by atoms with E-state index in [1.165, 1.54) is 0 Å². The molecule has 0 unspecified atom stereocenters. The van der Waals surface area contributed by atoms with E-state index in [-0.39, 0.29) is 23.6 Å². The third-order valence-electron chi connectivity index (χ3n) is 3.58. The molecule has 1 aliphatic carbocycles. The smallest absolute Gasteiger partial charge is 0.267 e. The minimum absolute atomic E-state index is 0.0711. The summed E-state index contributed by atoms with van der Waals surface area (Å²) in [5.41, 5.74) is 5.45. The summed E-state index contributed by atoms with van der Waals surface area (Å²) >= 11 is 0. The second-order valence-corrected chi connectivity index (χ2v) is 5.36. The number of carbonyl (C=O) groups is 2. The molecule has 0 saturated heterocycles. The van der Waals surface area contributed by atoms with Gasteiger partial charge in [-0.3, -0.25) is 9.59 Å². The summed E-state index contributed by atoms with van der Waals surface area (Å²) in [6.45, 7) is 0. The highest BCUT2D eigenvalue weighted by Gasteiger charge is 2.30. The van der Waals surface area contributed by atoms with Crippen LogP contribution in [0.2, 0.25) is 0 Å². The number of nitrogens with one attached hydrogen (secondary N) is 1. The summed E-state index contributed by atoms with van der Waals surface area (Å²) in [5.74, 6) is 0.333. The molecule has 20 heavy (non-hydrogen) atoms. The molecule has 2 atom stereocenters. The van der Waals surface area contributed by atoms with Crippen LogP contribution in [0.25, 0.3) is 0 Å². The van der Waals surface area contributed by atoms with E-state index in [2.05, 4.69) is 10.3 Å². The van der Waals surface area contributed by atoms with Crippen LogP contribution in [0.5, 0.6) is 0 Å². The number of amides is 2. The maximum absolute atomic E-state index is 11.9. The van der Waals surface area contributed by atoms with Crippen molar-refractivity contribution in [1.82, 2.24) is 9.88 Å².